The van der Waals surface area contributed by atoms with Crippen molar-refractivity contribution in [2.45, 2.75) is 84.3 Å². The standard InChI is InChI=1S/C16H36NO/c1-5-6-7-8-9-10-11-12-13-14-15-17(3,4)16(2)18/h16,18H,5-15H2,1-4H3/q+1. The highest BCUT2D eigenvalue weighted by Crippen LogP contribution is 2.12. The van der Waals surface area contributed by atoms with E-state index in [1.165, 1.54) is 64.2 Å². The third-order valence-electron chi connectivity index (χ3n) is 4.10. The van der Waals surface area contributed by atoms with E-state index in [4.69, 9.17) is 0 Å². The van der Waals surface area contributed by atoms with Crippen molar-refractivity contribution in [3.05, 3.63) is 0 Å². The Morgan fingerprint density at radius 1 is 0.778 bits per heavy atom. The van der Waals surface area contributed by atoms with Gasteiger partial charge in [0, 0.05) is 6.92 Å². The Balaban J connectivity index is 3.21. The van der Waals surface area contributed by atoms with Gasteiger partial charge in [-0.05, 0) is 12.8 Å². The molecule has 0 spiro atoms. The van der Waals surface area contributed by atoms with Gasteiger partial charge in [-0.1, -0.05) is 58.3 Å². The van der Waals surface area contributed by atoms with Crippen LogP contribution in [0.2, 0.25) is 0 Å². The Morgan fingerprint density at radius 2 is 1.17 bits per heavy atom. The van der Waals surface area contributed by atoms with Crippen LogP contribution in [0.25, 0.3) is 0 Å². The summed E-state index contributed by atoms with van der Waals surface area (Å²) in [5.74, 6) is 0. The zero-order valence-electron chi connectivity index (χ0n) is 13.2. The minimum atomic E-state index is -0.247. The number of unbranched alkanes of at least 4 members (excludes halogenated alkanes) is 9. The van der Waals surface area contributed by atoms with Crippen LogP contribution in [0, 0.1) is 0 Å². The summed E-state index contributed by atoms with van der Waals surface area (Å²) in [5.41, 5.74) is 0. The van der Waals surface area contributed by atoms with Crippen LogP contribution in [-0.2, 0) is 0 Å². The van der Waals surface area contributed by atoms with E-state index in [1.807, 2.05) is 6.92 Å². The molecule has 0 aliphatic carbocycles. The third-order valence-corrected chi connectivity index (χ3v) is 4.10. The van der Waals surface area contributed by atoms with Gasteiger partial charge in [0.2, 0.25) is 0 Å². The Morgan fingerprint density at radius 3 is 1.56 bits per heavy atom. The van der Waals surface area contributed by atoms with Crippen molar-refractivity contribution < 1.29 is 9.59 Å². The van der Waals surface area contributed by atoms with E-state index in [2.05, 4.69) is 21.0 Å². The van der Waals surface area contributed by atoms with Crippen LogP contribution in [0.3, 0.4) is 0 Å². The van der Waals surface area contributed by atoms with E-state index < -0.39 is 0 Å². The zero-order chi connectivity index (χ0) is 13.9. The molecule has 1 atom stereocenters. The topological polar surface area (TPSA) is 20.2 Å². The molecule has 0 radical (unpaired) electrons. The molecule has 0 heterocycles. The molecule has 2 nitrogen and oxygen atoms in total. The molecule has 1 unspecified atom stereocenters. The Labute approximate surface area is 115 Å². The molecule has 0 aliphatic rings. The summed E-state index contributed by atoms with van der Waals surface area (Å²) < 4.78 is 0.733. The lowest BCUT2D eigenvalue weighted by atomic mass is 10.1. The van der Waals surface area contributed by atoms with Crippen molar-refractivity contribution in [1.82, 2.24) is 0 Å². The fraction of sp³-hybridized carbons (Fsp3) is 1.00. The molecule has 0 aromatic rings. The maximum absolute atomic E-state index is 9.60. The van der Waals surface area contributed by atoms with Gasteiger partial charge in [-0.15, -0.1) is 0 Å². The number of aliphatic hydroxyl groups is 1. The molecule has 0 rings (SSSR count). The highest BCUT2D eigenvalue weighted by atomic mass is 16.3. The van der Waals surface area contributed by atoms with Gasteiger partial charge in [0.05, 0.1) is 20.6 Å². The molecule has 110 valence electrons. The fourth-order valence-electron chi connectivity index (χ4n) is 2.19. The highest BCUT2D eigenvalue weighted by Gasteiger charge is 2.19. The maximum Gasteiger partial charge on any atom is 0.187 e. The van der Waals surface area contributed by atoms with Crippen LogP contribution in [0.5, 0.6) is 0 Å². The Kier molecular flexibility index (Phi) is 10.8. The first-order valence-corrected chi connectivity index (χ1v) is 8.01. The van der Waals surface area contributed by atoms with E-state index in [-0.39, 0.29) is 6.23 Å². The molecule has 0 aromatic heterocycles. The predicted octanol–water partition coefficient (Wildman–Crippen LogP) is 4.32. The molecular formula is C16H36NO+. The smallest absolute Gasteiger partial charge is 0.187 e. The molecular weight excluding hydrogens is 222 g/mol. The summed E-state index contributed by atoms with van der Waals surface area (Å²) in [5, 5.41) is 9.60. The number of rotatable bonds is 12. The molecule has 0 saturated carbocycles. The van der Waals surface area contributed by atoms with Gasteiger partial charge in [0.1, 0.15) is 0 Å². The number of hydrogen-bond donors (Lipinski definition) is 1. The third kappa shape index (κ3) is 9.90. The van der Waals surface area contributed by atoms with Gasteiger partial charge in [0.25, 0.3) is 0 Å². The summed E-state index contributed by atoms with van der Waals surface area (Å²) in [4.78, 5) is 0. The second kappa shape index (κ2) is 10.8. The van der Waals surface area contributed by atoms with Crippen molar-refractivity contribution in [3.8, 4) is 0 Å². The van der Waals surface area contributed by atoms with Crippen LogP contribution in [0.15, 0.2) is 0 Å². The van der Waals surface area contributed by atoms with Gasteiger partial charge in [0.15, 0.2) is 6.23 Å². The second-order valence-electron chi connectivity index (χ2n) is 6.32. The van der Waals surface area contributed by atoms with E-state index in [0.717, 1.165) is 11.0 Å². The monoisotopic (exact) mass is 258 g/mol. The second-order valence-corrected chi connectivity index (χ2v) is 6.32. The SMILES string of the molecule is CCCCCCCCCCCC[N+](C)(C)C(C)O. The van der Waals surface area contributed by atoms with Crippen molar-refractivity contribution >= 4 is 0 Å². The van der Waals surface area contributed by atoms with E-state index >= 15 is 0 Å². The summed E-state index contributed by atoms with van der Waals surface area (Å²) in [7, 11) is 4.22. The van der Waals surface area contributed by atoms with Gasteiger partial charge in [-0.3, -0.25) is 0 Å². The number of quaternary nitrogens is 1. The molecule has 0 bridgehead atoms. The first kappa shape index (κ1) is 17.9. The first-order valence-electron chi connectivity index (χ1n) is 8.01. The van der Waals surface area contributed by atoms with Crippen LogP contribution < -0.4 is 0 Å². The fourth-order valence-corrected chi connectivity index (χ4v) is 2.19. The first-order chi connectivity index (χ1) is 8.50. The minimum Gasteiger partial charge on any atom is -0.345 e. The van der Waals surface area contributed by atoms with Gasteiger partial charge in [-0.25, -0.2) is 0 Å². The van der Waals surface area contributed by atoms with E-state index in [0.29, 0.717) is 0 Å². The van der Waals surface area contributed by atoms with Crippen LogP contribution in [-0.4, -0.2) is 36.5 Å². The molecule has 18 heavy (non-hydrogen) atoms. The van der Waals surface area contributed by atoms with Gasteiger partial charge in [-0.2, -0.15) is 0 Å². The largest absolute Gasteiger partial charge is 0.345 e. The molecule has 2 heteroatoms. The summed E-state index contributed by atoms with van der Waals surface area (Å²) in [6.07, 6.45) is 13.5. The summed E-state index contributed by atoms with van der Waals surface area (Å²) in [6.45, 7) is 5.25. The number of hydrogen-bond acceptors (Lipinski definition) is 1. The zero-order valence-corrected chi connectivity index (χ0v) is 13.2. The van der Waals surface area contributed by atoms with Crippen LogP contribution in [0.4, 0.5) is 0 Å². The average Bonchev–Trinajstić information content (AvgIpc) is 2.31. The van der Waals surface area contributed by atoms with Crippen molar-refractivity contribution in [3.63, 3.8) is 0 Å². The summed E-state index contributed by atoms with van der Waals surface area (Å²) >= 11 is 0. The Hall–Kier alpha value is -0.0800. The molecule has 0 aliphatic heterocycles. The predicted molar refractivity (Wildman–Crippen MR) is 80.5 cm³/mol. The molecule has 0 saturated heterocycles. The average molecular weight is 258 g/mol. The van der Waals surface area contributed by atoms with Crippen LogP contribution in [0.1, 0.15) is 78.1 Å². The molecule has 1 N–H and O–H groups in total. The quantitative estimate of drug-likeness (QED) is 0.314. The van der Waals surface area contributed by atoms with Crippen molar-refractivity contribution in [2.24, 2.45) is 0 Å². The number of aliphatic hydroxyl groups excluding tert-OH is 1. The maximum atomic E-state index is 9.60. The van der Waals surface area contributed by atoms with Gasteiger partial charge >= 0.3 is 0 Å². The van der Waals surface area contributed by atoms with Gasteiger partial charge < -0.3 is 9.59 Å². The number of nitrogens with zero attached hydrogens (tertiary/aromatic N) is 1. The Bertz CT molecular complexity index is 178. The van der Waals surface area contributed by atoms with Crippen LogP contribution >= 0.6 is 0 Å². The lowest BCUT2D eigenvalue weighted by Gasteiger charge is -2.32. The summed E-state index contributed by atoms with van der Waals surface area (Å²) in [6, 6.07) is 0. The normalized spacial score (nSPS) is 13.8. The molecule has 0 amide bonds. The lowest BCUT2D eigenvalue weighted by Crippen LogP contribution is -2.47. The lowest BCUT2D eigenvalue weighted by molar-refractivity contribution is -0.934. The minimum absolute atomic E-state index is 0.247. The molecule has 0 aromatic carbocycles. The van der Waals surface area contributed by atoms with E-state index in [1.54, 1.807) is 0 Å². The van der Waals surface area contributed by atoms with Crippen molar-refractivity contribution in [1.29, 1.82) is 0 Å². The van der Waals surface area contributed by atoms with Crippen molar-refractivity contribution in [2.75, 3.05) is 20.6 Å². The van der Waals surface area contributed by atoms with E-state index in [9.17, 15) is 5.11 Å². The highest BCUT2D eigenvalue weighted by molar-refractivity contribution is 4.47. The molecule has 0 fully saturated rings.